The Balaban J connectivity index is 2.70. The summed E-state index contributed by atoms with van der Waals surface area (Å²) in [6.45, 7) is 3.72. The van der Waals surface area contributed by atoms with Crippen molar-refractivity contribution in [1.29, 1.82) is 0 Å². The number of hydrogen-bond donors (Lipinski definition) is 2. The number of carbonyl (C=O) groups excluding carboxylic acids is 1. The van der Waals surface area contributed by atoms with Gasteiger partial charge in [-0.15, -0.1) is 0 Å². The van der Waals surface area contributed by atoms with Crippen molar-refractivity contribution in [2.24, 2.45) is 5.73 Å². The molecule has 1 aromatic heterocycles. The van der Waals surface area contributed by atoms with Crippen LogP contribution in [0.4, 0.5) is 5.69 Å². The maximum Gasteiger partial charge on any atom is 0.241 e. The molecular weight excluding hydrogens is 178 g/mol. The molecule has 1 atom stereocenters. The molecule has 0 aliphatic rings. The Morgan fingerprint density at radius 3 is 3.00 bits per heavy atom. The maximum absolute atomic E-state index is 11.4. The zero-order valence-electron chi connectivity index (χ0n) is 8.45. The topological polar surface area (TPSA) is 68.0 Å². The quantitative estimate of drug-likeness (QED) is 0.754. The number of carbonyl (C=O) groups is 1. The lowest BCUT2D eigenvalue weighted by molar-refractivity contribution is -0.117. The van der Waals surface area contributed by atoms with Crippen LogP contribution in [0.5, 0.6) is 0 Å². The standard InChI is InChI=1S/C10H15N3O/c1-3-8(11)10(14)13-9-5-4-6-12-7(9)2/h4-6,8H,3,11H2,1-2H3,(H,13,14)/t8-/m0/s1. The molecule has 0 aliphatic heterocycles. The van der Waals surface area contributed by atoms with Gasteiger partial charge in [0.1, 0.15) is 0 Å². The van der Waals surface area contributed by atoms with E-state index < -0.39 is 6.04 Å². The van der Waals surface area contributed by atoms with E-state index in [4.69, 9.17) is 5.73 Å². The molecule has 0 aliphatic carbocycles. The highest BCUT2D eigenvalue weighted by Gasteiger charge is 2.11. The molecule has 0 saturated heterocycles. The smallest absolute Gasteiger partial charge is 0.241 e. The van der Waals surface area contributed by atoms with Gasteiger partial charge in [0.25, 0.3) is 0 Å². The van der Waals surface area contributed by atoms with E-state index in [-0.39, 0.29) is 5.91 Å². The molecule has 3 N–H and O–H groups in total. The predicted octanol–water partition coefficient (Wildman–Crippen LogP) is 1.07. The highest BCUT2D eigenvalue weighted by atomic mass is 16.2. The second-order valence-corrected chi connectivity index (χ2v) is 3.14. The molecule has 0 aromatic carbocycles. The molecule has 0 saturated carbocycles. The fraction of sp³-hybridized carbons (Fsp3) is 0.400. The number of pyridine rings is 1. The monoisotopic (exact) mass is 193 g/mol. The summed E-state index contributed by atoms with van der Waals surface area (Å²) in [5, 5.41) is 2.73. The third-order valence-corrected chi connectivity index (χ3v) is 2.04. The van der Waals surface area contributed by atoms with Gasteiger partial charge in [0.05, 0.1) is 17.4 Å². The van der Waals surface area contributed by atoms with E-state index in [0.717, 1.165) is 11.4 Å². The molecule has 14 heavy (non-hydrogen) atoms. The zero-order valence-corrected chi connectivity index (χ0v) is 8.45. The van der Waals surface area contributed by atoms with Gasteiger partial charge >= 0.3 is 0 Å². The number of hydrogen-bond acceptors (Lipinski definition) is 3. The van der Waals surface area contributed by atoms with Crippen molar-refractivity contribution in [3.63, 3.8) is 0 Å². The number of nitrogens with one attached hydrogen (secondary N) is 1. The molecule has 0 spiro atoms. The molecular formula is C10H15N3O. The number of anilines is 1. The average Bonchev–Trinajstić information content (AvgIpc) is 2.20. The summed E-state index contributed by atoms with van der Waals surface area (Å²) in [6, 6.07) is 3.14. The second-order valence-electron chi connectivity index (χ2n) is 3.14. The van der Waals surface area contributed by atoms with Gasteiger partial charge < -0.3 is 11.1 Å². The van der Waals surface area contributed by atoms with E-state index in [0.29, 0.717) is 6.42 Å². The molecule has 4 nitrogen and oxygen atoms in total. The molecule has 0 fully saturated rings. The van der Waals surface area contributed by atoms with E-state index in [9.17, 15) is 4.79 Å². The first-order chi connectivity index (χ1) is 6.65. The molecule has 0 unspecified atom stereocenters. The summed E-state index contributed by atoms with van der Waals surface area (Å²) in [5.41, 5.74) is 7.10. The van der Waals surface area contributed by atoms with Crippen molar-refractivity contribution in [1.82, 2.24) is 4.98 Å². The molecule has 0 bridgehead atoms. The van der Waals surface area contributed by atoms with E-state index in [1.807, 2.05) is 19.9 Å². The number of nitrogens with two attached hydrogens (primary N) is 1. The summed E-state index contributed by atoms with van der Waals surface area (Å²) < 4.78 is 0. The highest BCUT2D eigenvalue weighted by Crippen LogP contribution is 2.10. The van der Waals surface area contributed by atoms with Crippen LogP contribution >= 0.6 is 0 Å². The molecule has 1 rings (SSSR count). The van der Waals surface area contributed by atoms with Gasteiger partial charge in [0.15, 0.2) is 0 Å². The number of nitrogens with zero attached hydrogens (tertiary/aromatic N) is 1. The minimum atomic E-state index is -0.449. The van der Waals surface area contributed by atoms with Crippen LogP contribution in [0.15, 0.2) is 18.3 Å². The predicted molar refractivity (Wildman–Crippen MR) is 55.9 cm³/mol. The van der Waals surface area contributed by atoms with E-state index in [1.54, 1.807) is 12.3 Å². The van der Waals surface area contributed by atoms with Crippen LogP contribution in [0, 0.1) is 6.92 Å². The Morgan fingerprint density at radius 2 is 2.43 bits per heavy atom. The van der Waals surface area contributed by atoms with Gasteiger partial charge in [0, 0.05) is 6.20 Å². The number of amides is 1. The van der Waals surface area contributed by atoms with Gasteiger partial charge in [-0.25, -0.2) is 0 Å². The van der Waals surface area contributed by atoms with Crippen LogP contribution in [0.25, 0.3) is 0 Å². The minimum absolute atomic E-state index is 0.163. The SMILES string of the molecule is CC[C@H](N)C(=O)Nc1cccnc1C. The molecule has 1 aromatic rings. The average molecular weight is 193 g/mol. The number of rotatable bonds is 3. The minimum Gasteiger partial charge on any atom is -0.323 e. The second kappa shape index (κ2) is 4.72. The third-order valence-electron chi connectivity index (χ3n) is 2.04. The van der Waals surface area contributed by atoms with E-state index >= 15 is 0 Å². The van der Waals surface area contributed by atoms with Crippen LogP contribution in [0.3, 0.4) is 0 Å². The fourth-order valence-corrected chi connectivity index (χ4v) is 1.03. The maximum atomic E-state index is 11.4. The summed E-state index contributed by atoms with van der Waals surface area (Å²) in [4.78, 5) is 15.5. The van der Waals surface area contributed by atoms with E-state index in [2.05, 4.69) is 10.3 Å². The highest BCUT2D eigenvalue weighted by molar-refractivity contribution is 5.94. The Kier molecular flexibility index (Phi) is 3.59. The molecule has 76 valence electrons. The van der Waals surface area contributed by atoms with Crippen molar-refractivity contribution >= 4 is 11.6 Å². The lowest BCUT2D eigenvalue weighted by atomic mass is 10.2. The van der Waals surface area contributed by atoms with Crippen LogP contribution in [-0.4, -0.2) is 16.9 Å². The van der Waals surface area contributed by atoms with Crippen LogP contribution < -0.4 is 11.1 Å². The normalized spacial score (nSPS) is 12.2. The first-order valence-corrected chi connectivity index (χ1v) is 4.63. The summed E-state index contributed by atoms with van der Waals surface area (Å²) >= 11 is 0. The van der Waals surface area contributed by atoms with Crippen molar-refractivity contribution in [2.75, 3.05) is 5.32 Å². The molecule has 4 heteroatoms. The largest absolute Gasteiger partial charge is 0.323 e. The van der Waals surface area contributed by atoms with Gasteiger partial charge in [-0.05, 0) is 25.5 Å². The number of aryl methyl sites for hydroxylation is 1. The zero-order chi connectivity index (χ0) is 10.6. The number of aromatic nitrogens is 1. The summed E-state index contributed by atoms with van der Waals surface area (Å²) in [6.07, 6.45) is 2.32. The van der Waals surface area contributed by atoms with Gasteiger partial charge in [0.2, 0.25) is 5.91 Å². The molecule has 0 radical (unpaired) electrons. The Bertz CT molecular complexity index is 325. The third kappa shape index (κ3) is 2.53. The van der Waals surface area contributed by atoms with Crippen molar-refractivity contribution in [3.8, 4) is 0 Å². The van der Waals surface area contributed by atoms with Crippen molar-refractivity contribution in [3.05, 3.63) is 24.0 Å². The summed E-state index contributed by atoms with van der Waals surface area (Å²) in [5.74, 6) is -0.163. The lowest BCUT2D eigenvalue weighted by Gasteiger charge is -2.10. The fourth-order valence-electron chi connectivity index (χ4n) is 1.03. The lowest BCUT2D eigenvalue weighted by Crippen LogP contribution is -2.35. The van der Waals surface area contributed by atoms with Gasteiger partial charge in [-0.2, -0.15) is 0 Å². The van der Waals surface area contributed by atoms with Crippen LogP contribution in [0.2, 0.25) is 0 Å². The van der Waals surface area contributed by atoms with Crippen LogP contribution in [-0.2, 0) is 4.79 Å². The molecule has 1 heterocycles. The van der Waals surface area contributed by atoms with E-state index in [1.165, 1.54) is 0 Å². The first kappa shape index (κ1) is 10.7. The Morgan fingerprint density at radius 1 is 1.71 bits per heavy atom. The Labute approximate surface area is 83.5 Å². The molecule has 1 amide bonds. The van der Waals surface area contributed by atoms with Gasteiger partial charge in [-0.1, -0.05) is 6.92 Å². The van der Waals surface area contributed by atoms with Crippen LogP contribution in [0.1, 0.15) is 19.0 Å². The summed E-state index contributed by atoms with van der Waals surface area (Å²) in [7, 11) is 0. The first-order valence-electron chi connectivity index (χ1n) is 4.63. The van der Waals surface area contributed by atoms with Crippen molar-refractivity contribution < 1.29 is 4.79 Å². The van der Waals surface area contributed by atoms with Crippen molar-refractivity contribution in [2.45, 2.75) is 26.3 Å². The van der Waals surface area contributed by atoms with Gasteiger partial charge in [-0.3, -0.25) is 9.78 Å². The Hall–Kier alpha value is -1.42.